The predicted molar refractivity (Wildman–Crippen MR) is 67.1 cm³/mol. The monoisotopic (exact) mass is 312 g/mol. The minimum Gasteiger partial charge on any atom is -0.308 e. The third-order valence-corrected chi connectivity index (χ3v) is 4.41. The van der Waals surface area contributed by atoms with Crippen molar-refractivity contribution in [1.82, 2.24) is 9.29 Å². The largest absolute Gasteiger partial charge is 0.402 e. The molecule has 20 heavy (non-hydrogen) atoms. The zero-order valence-electron chi connectivity index (χ0n) is 10.8. The number of nitrogen functional groups attached to an aromatic ring is 1. The van der Waals surface area contributed by atoms with Gasteiger partial charge in [0.1, 0.15) is 17.3 Å². The lowest BCUT2D eigenvalue weighted by Crippen LogP contribution is -2.43. The number of anilines is 1. The number of sulfonamides is 1. The van der Waals surface area contributed by atoms with Crippen molar-refractivity contribution in [2.24, 2.45) is 5.84 Å². The third-order valence-electron chi connectivity index (χ3n) is 2.40. The van der Waals surface area contributed by atoms with Gasteiger partial charge in [-0.05, 0) is 26.0 Å². The zero-order valence-corrected chi connectivity index (χ0v) is 11.7. The quantitative estimate of drug-likeness (QED) is 0.632. The summed E-state index contributed by atoms with van der Waals surface area (Å²) in [6, 6.07) is 1.57. The molecule has 1 aromatic rings. The number of hydrogen-bond donors (Lipinski definition) is 2. The molecule has 0 radical (unpaired) electrons. The molecule has 10 heteroatoms. The van der Waals surface area contributed by atoms with Crippen LogP contribution in [0, 0.1) is 0 Å². The van der Waals surface area contributed by atoms with Gasteiger partial charge in [-0.3, -0.25) is 0 Å². The van der Waals surface area contributed by atoms with E-state index < -0.39 is 28.8 Å². The normalized spacial score (nSPS) is 13.0. The third kappa shape index (κ3) is 4.05. The molecule has 6 nitrogen and oxygen atoms in total. The van der Waals surface area contributed by atoms with E-state index in [0.717, 1.165) is 12.3 Å². The average Bonchev–Trinajstić information content (AvgIpc) is 2.34. The molecule has 0 saturated carbocycles. The molecule has 0 amide bonds. The number of nitrogens with two attached hydrogens (primary N) is 1. The number of nitrogens with one attached hydrogen (secondary N) is 1. The molecule has 1 rings (SSSR count). The molecule has 0 saturated heterocycles. The Morgan fingerprint density at radius 1 is 1.40 bits per heavy atom. The second-order valence-corrected chi connectivity index (χ2v) is 6.17. The molecule has 1 aromatic heterocycles. The summed E-state index contributed by atoms with van der Waals surface area (Å²) in [4.78, 5) is 3.35. The second-order valence-electron chi connectivity index (χ2n) is 4.28. The predicted octanol–water partition coefficient (Wildman–Crippen LogP) is 1.33. The molecule has 0 atom stereocenters. The van der Waals surface area contributed by atoms with E-state index in [4.69, 9.17) is 5.84 Å². The molecule has 0 unspecified atom stereocenters. The van der Waals surface area contributed by atoms with E-state index in [1.54, 1.807) is 0 Å². The molecule has 0 aliphatic heterocycles. The van der Waals surface area contributed by atoms with Crippen LogP contribution >= 0.6 is 0 Å². The minimum atomic E-state index is -4.62. The van der Waals surface area contributed by atoms with E-state index in [9.17, 15) is 21.6 Å². The van der Waals surface area contributed by atoms with Crippen LogP contribution in [0.4, 0.5) is 19.0 Å². The number of pyridine rings is 1. The molecule has 0 aliphatic rings. The Labute approximate surface area is 114 Å². The van der Waals surface area contributed by atoms with Gasteiger partial charge in [-0.25, -0.2) is 19.2 Å². The van der Waals surface area contributed by atoms with Gasteiger partial charge in [-0.1, -0.05) is 0 Å². The Morgan fingerprint density at radius 2 is 2.00 bits per heavy atom. The molecule has 0 aromatic carbocycles. The van der Waals surface area contributed by atoms with Crippen molar-refractivity contribution in [2.75, 3.05) is 12.0 Å². The van der Waals surface area contributed by atoms with Crippen LogP contribution < -0.4 is 11.3 Å². The van der Waals surface area contributed by atoms with E-state index >= 15 is 0 Å². The van der Waals surface area contributed by atoms with Gasteiger partial charge >= 0.3 is 6.18 Å². The fourth-order valence-electron chi connectivity index (χ4n) is 1.48. The maximum Gasteiger partial charge on any atom is 0.402 e. The smallest absolute Gasteiger partial charge is 0.308 e. The highest BCUT2D eigenvalue weighted by atomic mass is 32.2. The Hall–Kier alpha value is -1.39. The second kappa shape index (κ2) is 5.94. The standard InChI is InChI=1S/C10H15F3N4O2S/c1-7(2)17(6-10(11,12)13)20(18,19)8-3-4-9(16-14)15-5-8/h3-5,7H,6,14H2,1-2H3,(H,15,16). The van der Waals surface area contributed by atoms with Gasteiger partial charge < -0.3 is 5.43 Å². The average molecular weight is 312 g/mol. The fourth-order valence-corrected chi connectivity index (χ4v) is 3.04. The summed E-state index contributed by atoms with van der Waals surface area (Å²) < 4.78 is 62.2. The maximum atomic E-state index is 12.5. The van der Waals surface area contributed by atoms with Crippen LogP contribution in [0.1, 0.15) is 13.8 Å². The van der Waals surface area contributed by atoms with Gasteiger partial charge in [0.15, 0.2) is 0 Å². The lowest BCUT2D eigenvalue weighted by molar-refractivity contribution is -0.138. The van der Waals surface area contributed by atoms with Crippen molar-refractivity contribution >= 4 is 15.8 Å². The van der Waals surface area contributed by atoms with Crippen LogP contribution in [-0.2, 0) is 10.0 Å². The molecule has 114 valence electrons. The number of alkyl halides is 3. The molecule has 1 heterocycles. The van der Waals surface area contributed by atoms with Crippen molar-refractivity contribution in [3.05, 3.63) is 18.3 Å². The van der Waals surface area contributed by atoms with Gasteiger partial charge in [0.05, 0.1) is 0 Å². The van der Waals surface area contributed by atoms with Crippen LogP contribution in [0.3, 0.4) is 0 Å². The van der Waals surface area contributed by atoms with Crippen molar-refractivity contribution in [3.63, 3.8) is 0 Å². The van der Waals surface area contributed by atoms with Crippen LogP contribution in [0.25, 0.3) is 0 Å². The molecule has 0 aliphatic carbocycles. The first-order valence-corrected chi connectivity index (χ1v) is 7.03. The molecule has 0 bridgehead atoms. The van der Waals surface area contributed by atoms with Crippen LogP contribution in [0.5, 0.6) is 0 Å². The van der Waals surface area contributed by atoms with E-state index in [-0.39, 0.29) is 10.7 Å². The number of nitrogens with zero attached hydrogens (tertiary/aromatic N) is 2. The van der Waals surface area contributed by atoms with Gasteiger partial charge in [-0.2, -0.15) is 17.5 Å². The van der Waals surface area contributed by atoms with Crippen molar-refractivity contribution in [2.45, 2.75) is 31.0 Å². The van der Waals surface area contributed by atoms with Crippen molar-refractivity contribution < 1.29 is 21.6 Å². The molecular weight excluding hydrogens is 297 g/mol. The van der Waals surface area contributed by atoms with Gasteiger partial charge in [0.25, 0.3) is 0 Å². The number of halogens is 3. The summed E-state index contributed by atoms with van der Waals surface area (Å²) in [6.45, 7) is 1.18. The zero-order chi connectivity index (χ0) is 15.6. The first-order chi connectivity index (χ1) is 9.08. The highest BCUT2D eigenvalue weighted by Crippen LogP contribution is 2.24. The lowest BCUT2D eigenvalue weighted by Gasteiger charge is -2.26. The van der Waals surface area contributed by atoms with Gasteiger partial charge in [0, 0.05) is 12.2 Å². The molecule has 0 spiro atoms. The van der Waals surface area contributed by atoms with Gasteiger partial charge in [-0.15, -0.1) is 0 Å². The number of hydrogen-bond acceptors (Lipinski definition) is 5. The number of aromatic nitrogens is 1. The summed E-state index contributed by atoms with van der Waals surface area (Å²) in [5, 5.41) is 0. The van der Waals surface area contributed by atoms with Crippen LogP contribution in [-0.4, -0.2) is 36.5 Å². The number of hydrazine groups is 1. The first kappa shape index (κ1) is 16.7. The van der Waals surface area contributed by atoms with Crippen molar-refractivity contribution in [1.29, 1.82) is 0 Å². The fraction of sp³-hybridized carbons (Fsp3) is 0.500. The Kier molecular flexibility index (Phi) is 4.95. The van der Waals surface area contributed by atoms with E-state index in [1.807, 2.05) is 0 Å². The van der Waals surface area contributed by atoms with E-state index in [1.165, 1.54) is 19.9 Å². The van der Waals surface area contributed by atoms with Crippen molar-refractivity contribution in [3.8, 4) is 0 Å². The highest BCUT2D eigenvalue weighted by Gasteiger charge is 2.38. The Bertz CT molecular complexity index is 543. The minimum absolute atomic E-state index is 0.205. The molecular formula is C10H15F3N4O2S. The van der Waals surface area contributed by atoms with E-state index in [0.29, 0.717) is 4.31 Å². The summed E-state index contributed by atoms with van der Waals surface area (Å²) in [7, 11) is -4.28. The number of rotatable bonds is 5. The van der Waals surface area contributed by atoms with E-state index in [2.05, 4.69) is 10.4 Å². The summed E-state index contributed by atoms with van der Waals surface area (Å²) in [5.74, 6) is 5.28. The Balaban J connectivity index is 3.15. The summed E-state index contributed by atoms with van der Waals surface area (Å²) >= 11 is 0. The molecule has 0 fully saturated rings. The lowest BCUT2D eigenvalue weighted by atomic mass is 10.4. The SMILES string of the molecule is CC(C)N(CC(F)(F)F)S(=O)(=O)c1ccc(NN)nc1. The summed E-state index contributed by atoms with van der Waals surface area (Å²) in [6.07, 6.45) is -3.67. The van der Waals surface area contributed by atoms with Crippen LogP contribution in [0.2, 0.25) is 0 Å². The topological polar surface area (TPSA) is 88.3 Å². The van der Waals surface area contributed by atoms with Crippen LogP contribution in [0.15, 0.2) is 23.2 Å². The maximum absolute atomic E-state index is 12.5. The highest BCUT2D eigenvalue weighted by molar-refractivity contribution is 7.89. The molecule has 3 N–H and O–H groups in total. The summed E-state index contributed by atoms with van der Waals surface area (Å²) in [5.41, 5.74) is 2.20. The first-order valence-electron chi connectivity index (χ1n) is 5.59. The Morgan fingerprint density at radius 3 is 2.35 bits per heavy atom. The van der Waals surface area contributed by atoms with Gasteiger partial charge in [0.2, 0.25) is 10.0 Å².